The van der Waals surface area contributed by atoms with Crippen LogP contribution in [0, 0.1) is 5.92 Å². The van der Waals surface area contributed by atoms with Crippen molar-refractivity contribution in [2.75, 3.05) is 20.3 Å². The van der Waals surface area contributed by atoms with Crippen LogP contribution in [0.1, 0.15) is 50.2 Å². The van der Waals surface area contributed by atoms with E-state index in [1.54, 1.807) is 7.11 Å². The quantitative estimate of drug-likeness (QED) is 0.711. The summed E-state index contributed by atoms with van der Waals surface area (Å²) in [6, 6.07) is 19.4. The van der Waals surface area contributed by atoms with Crippen LogP contribution in [0.3, 0.4) is 0 Å². The minimum absolute atomic E-state index is 0.0125. The van der Waals surface area contributed by atoms with Gasteiger partial charge in [-0.1, -0.05) is 42.5 Å². The molecule has 2 aromatic carbocycles. The van der Waals surface area contributed by atoms with Crippen LogP contribution >= 0.6 is 0 Å². The second-order valence-corrected chi connectivity index (χ2v) is 8.30. The fourth-order valence-corrected chi connectivity index (χ4v) is 4.33. The summed E-state index contributed by atoms with van der Waals surface area (Å²) in [5, 5.41) is 2.44. The van der Waals surface area contributed by atoms with Crippen LogP contribution in [0.5, 0.6) is 5.75 Å². The van der Waals surface area contributed by atoms with E-state index >= 15 is 0 Å². The summed E-state index contributed by atoms with van der Waals surface area (Å²) in [7, 11) is 1.73. The normalized spacial score (nSPS) is 20.2. The van der Waals surface area contributed by atoms with E-state index in [0.717, 1.165) is 38.3 Å². The maximum Gasteiger partial charge on any atom is 0.118 e. The zero-order valence-electron chi connectivity index (χ0n) is 17.0. The Kier molecular flexibility index (Phi) is 6.92. The molecule has 1 aliphatic heterocycles. The van der Waals surface area contributed by atoms with Gasteiger partial charge in [-0.05, 0) is 56.2 Å². The molecule has 0 spiro atoms. The monoisotopic (exact) mass is 368 g/mol. The van der Waals surface area contributed by atoms with Crippen molar-refractivity contribution in [3.63, 3.8) is 0 Å². The van der Waals surface area contributed by atoms with Gasteiger partial charge in [0.1, 0.15) is 12.3 Å². The van der Waals surface area contributed by atoms with Crippen LogP contribution in [0.4, 0.5) is 0 Å². The van der Waals surface area contributed by atoms with Crippen LogP contribution in [0.15, 0.2) is 54.6 Å². The van der Waals surface area contributed by atoms with E-state index in [9.17, 15) is 0 Å². The molecule has 1 heterocycles. The largest absolute Gasteiger partial charge is 0.497 e. The summed E-state index contributed by atoms with van der Waals surface area (Å²) in [6.45, 7) is 7.52. The van der Waals surface area contributed by atoms with Crippen molar-refractivity contribution in [1.82, 2.24) is 0 Å². The zero-order chi connectivity index (χ0) is 19.1. The number of hydrogen-bond acceptors (Lipinski definition) is 2. The number of hydrogen-bond donors (Lipinski definition) is 1. The molecule has 0 aliphatic carbocycles. The SMILES string of the molecule is COc1ccc([C@H](CC[NH2+]Cc2ccccc2)[C@H]2CCOC(C)(C)C2)cc1. The Labute approximate surface area is 164 Å². The average Bonchev–Trinajstić information content (AvgIpc) is 2.68. The molecular formula is C24H34NO2+. The Bertz CT molecular complexity index is 681. The van der Waals surface area contributed by atoms with Crippen molar-refractivity contribution in [3.05, 3.63) is 65.7 Å². The lowest BCUT2D eigenvalue weighted by atomic mass is 9.75. The Hall–Kier alpha value is -1.84. The van der Waals surface area contributed by atoms with E-state index in [1.165, 1.54) is 17.5 Å². The van der Waals surface area contributed by atoms with Gasteiger partial charge >= 0.3 is 0 Å². The summed E-state index contributed by atoms with van der Waals surface area (Å²) in [4.78, 5) is 0. The van der Waals surface area contributed by atoms with E-state index in [2.05, 4.69) is 73.8 Å². The first-order chi connectivity index (χ1) is 13.1. The number of benzene rings is 2. The number of nitrogens with two attached hydrogens (primary N) is 1. The van der Waals surface area contributed by atoms with Gasteiger partial charge in [-0.3, -0.25) is 0 Å². The van der Waals surface area contributed by atoms with Crippen LogP contribution < -0.4 is 10.1 Å². The molecule has 3 nitrogen and oxygen atoms in total. The van der Waals surface area contributed by atoms with Crippen molar-refractivity contribution in [3.8, 4) is 5.75 Å². The molecular weight excluding hydrogens is 334 g/mol. The number of methoxy groups -OCH3 is 1. The van der Waals surface area contributed by atoms with Gasteiger partial charge in [0.25, 0.3) is 0 Å². The van der Waals surface area contributed by atoms with Crippen LogP contribution in [0.2, 0.25) is 0 Å². The molecule has 1 fully saturated rings. The topological polar surface area (TPSA) is 35.1 Å². The number of rotatable bonds is 8. The highest BCUT2D eigenvalue weighted by molar-refractivity contribution is 5.30. The van der Waals surface area contributed by atoms with Crippen LogP contribution in [-0.2, 0) is 11.3 Å². The van der Waals surface area contributed by atoms with Crippen LogP contribution in [-0.4, -0.2) is 25.9 Å². The molecule has 0 saturated carbocycles. The van der Waals surface area contributed by atoms with Crippen molar-refractivity contribution in [1.29, 1.82) is 0 Å². The molecule has 0 aromatic heterocycles. The maximum absolute atomic E-state index is 5.97. The maximum atomic E-state index is 5.97. The van der Waals surface area contributed by atoms with Gasteiger partial charge in [0.2, 0.25) is 0 Å². The Morgan fingerprint density at radius 2 is 1.85 bits per heavy atom. The molecule has 0 unspecified atom stereocenters. The third kappa shape index (κ3) is 5.82. The van der Waals surface area contributed by atoms with Gasteiger partial charge in [-0.15, -0.1) is 0 Å². The predicted octanol–water partition coefficient (Wildman–Crippen LogP) is 4.14. The second kappa shape index (κ2) is 9.38. The zero-order valence-corrected chi connectivity index (χ0v) is 17.0. The number of ether oxygens (including phenoxy) is 2. The molecule has 3 heteroatoms. The van der Waals surface area contributed by atoms with Gasteiger partial charge in [0.15, 0.2) is 0 Å². The van der Waals surface area contributed by atoms with E-state index in [-0.39, 0.29) is 5.60 Å². The highest BCUT2D eigenvalue weighted by Gasteiger charge is 2.34. The standard InChI is InChI=1S/C24H33NO2/c1-24(2)17-21(14-16-27-24)23(20-9-11-22(26-3)12-10-20)13-15-25-18-19-7-5-4-6-8-19/h4-12,21,23,25H,13-18H2,1-3H3/p+1/t21-,23-/m0/s1. The lowest BCUT2D eigenvalue weighted by Gasteiger charge is -2.39. The summed E-state index contributed by atoms with van der Waals surface area (Å²) in [5.41, 5.74) is 2.82. The molecule has 3 rings (SSSR count). The Morgan fingerprint density at radius 3 is 2.52 bits per heavy atom. The second-order valence-electron chi connectivity index (χ2n) is 8.30. The first kappa shape index (κ1) is 19.9. The van der Waals surface area contributed by atoms with Crippen molar-refractivity contribution >= 4 is 0 Å². The highest BCUT2D eigenvalue weighted by atomic mass is 16.5. The Balaban J connectivity index is 1.65. The lowest BCUT2D eigenvalue weighted by Crippen LogP contribution is -2.82. The molecule has 1 saturated heterocycles. The number of quaternary nitrogens is 1. The van der Waals surface area contributed by atoms with Crippen LogP contribution in [0.25, 0.3) is 0 Å². The molecule has 0 radical (unpaired) electrons. The molecule has 2 aromatic rings. The molecule has 2 N–H and O–H groups in total. The van der Waals surface area contributed by atoms with Gasteiger partial charge in [0, 0.05) is 18.6 Å². The van der Waals surface area contributed by atoms with Gasteiger partial charge in [-0.25, -0.2) is 0 Å². The summed E-state index contributed by atoms with van der Waals surface area (Å²) >= 11 is 0. The van der Waals surface area contributed by atoms with E-state index < -0.39 is 0 Å². The molecule has 27 heavy (non-hydrogen) atoms. The third-order valence-corrected chi connectivity index (χ3v) is 5.75. The average molecular weight is 369 g/mol. The summed E-state index contributed by atoms with van der Waals surface area (Å²) in [6.07, 6.45) is 3.47. The van der Waals surface area contributed by atoms with Gasteiger partial charge < -0.3 is 14.8 Å². The minimum Gasteiger partial charge on any atom is -0.497 e. The van der Waals surface area contributed by atoms with Gasteiger partial charge in [0.05, 0.1) is 19.3 Å². The minimum atomic E-state index is -0.0125. The van der Waals surface area contributed by atoms with E-state index in [1.807, 2.05) is 0 Å². The highest BCUT2D eigenvalue weighted by Crippen LogP contribution is 2.40. The summed E-state index contributed by atoms with van der Waals surface area (Å²) < 4.78 is 11.3. The first-order valence-electron chi connectivity index (χ1n) is 10.2. The molecule has 1 aliphatic rings. The summed E-state index contributed by atoms with van der Waals surface area (Å²) in [5.74, 6) is 2.18. The smallest absolute Gasteiger partial charge is 0.118 e. The molecule has 146 valence electrons. The first-order valence-corrected chi connectivity index (χ1v) is 10.2. The van der Waals surface area contributed by atoms with Gasteiger partial charge in [-0.2, -0.15) is 0 Å². The molecule has 0 amide bonds. The Morgan fingerprint density at radius 1 is 1.11 bits per heavy atom. The van der Waals surface area contributed by atoms with E-state index in [4.69, 9.17) is 9.47 Å². The molecule has 2 atom stereocenters. The van der Waals surface area contributed by atoms with E-state index in [0.29, 0.717) is 11.8 Å². The van der Waals surface area contributed by atoms with Crippen molar-refractivity contribution < 1.29 is 14.8 Å². The fraction of sp³-hybridized carbons (Fsp3) is 0.500. The van der Waals surface area contributed by atoms with Crippen molar-refractivity contribution in [2.24, 2.45) is 5.92 Å². The fourth-order valence-electron chi connectivity index (χ4n) is 4.33. The third-order valence-electron chi connectivity index (χ3n) is 5.75. The lowest BCUT2D eigenvalue weighted by molar-refractivity contribution is -0.671. The molecule has 0 bridgehead atoms. The predicted molar refractivity (Wildman–Crippen MR) is 110 cm³/mol. The van der Waals surface area contributed by atoms with Crippen molar-refractivity contribution in [2.45, 2.75) is 51.2 Å².